The maximum Gasteiger partial charge on any atom is 0.279 e. The number of ether oxygens (including phenoxy) is 2. The third-order valence-electron chi connectivity index (χ3n) is 5.03. The van der Waals surface area contributed by atoms with Gasteiger partial charge in [-0.25, -0.2) is 8.42 Å². The van der Waals surface area contributed by atoms with E-state index in [2.05, 4.69) is 4.99 Å². The first kappa shape index (κ1) is 25.6. The van der Waals surface area contributed by atoms with Crippen LogP contribution in [0.25, 0.3) is 10.2 Å². The Morgan fingerprint density at radius 2 is 1.74 bits per heavy atom. The number of methoxy groups -OCH3 is 2. The SMILES string of the molecule is COCCN(CCOC)S(=O)(=O)c1ccc(C(=O)N=c2sc3ccc([N+](=O)[O-])cc3n2C)cc1. The molecular weight excluding hydrogens is 484 g/mol. The summed E-state index contributed by atoms with van der Waals surface area (Å²) in [6, 6.07) is 9.96. The van der Waals surface area contributed by atoms with Crippen LogP contribution in [-0.4, -0.2) is 68.6 Å². The molecule has 0 saturated carbocycles. The molecule has 0 N–H and O–H groups in total. The van der Waals surface area contributed by atoms with Gasteiger partial charge in [-0.1, -0.05) is 11.3 Å². The summed E-state index contributed by atoms with van der Waals surface area (Å²) in [4.78, 5) is 27.8. The number of non-ortho nitro benzene ring substituents is 1. The number of fused-ring (bicyclic) bond motifs is 1. The van der Waals surface area contributed by atoms with Crippen molar-refractivity contribution in [2.75, 3.05) is 40.5 Å². The van der Waals surface area contributed by atoms with Crippen LogP contribution in [0.1, 0.15) is 10.4 Å². The Labute approximate surface area is 200 Å². The van der Waals surface area contributed by atoms with Gasteiger partial charge in [-0.2, -0.15) is 9.30 Å². The van der Waals surface area contributed by atoms with Crippen LogP contribution in [0.3, 0.4) is 0 Å². The highest BCUT2D eigenvalue weighted by molar-refractivity contribution is 7.89. The van der Waals surface area contributed by atoms with Crippen LogP contribution < -0.4 is 4.80 Å². The van der Waals surface area contributed by atoms with Crippen LogP contribution in [0.4, 0.5) is 5.69 Å². The molecule has 1 aromatic heterocycles. The Morgan fingerprint density at radius 1 is 1.12 bits per heavy atom. The molecule has 0 fully saturated rings. The highest BCUT2D eigenvalue weighted by Gasteiger charge is 2.24. The summed E-state index contributed by atoms with van der Waals surface area (Å²) in [6.45, 7) is 0.791. The molecular formula is C21H24N4O7S2. The maximum atomic E-state index is 13.0. The van der Waals surface area contributed by atoms with Gasteiger partial charge in [-0.3, -0.25) is 14.9 Å². The Hall–Kier alpha value is -2.97. The number of aromatic nitrogens is 1. The number of nitrogens with zero attached hydrogens (tertiary/aromatic N) is 4. The average Bonchev–Trinajstić information content (AvgIpc) is 3.13. The van der Waals surface area contributed by atoms with E-state index < -0.39 is 20.9 Å². The number of hydrogen-bond acceptors (Lipinski definition) is 8. The topological polar surface area (TPSA) is 133 Å². The molecule has 34 heavy (non-hydrogen) atoms. The molecule has 0 saturated heterocycles. The quantitative estimate of drug-likeness (QED) is 0.303. The summed E-state index contributed by atoms with van der Waals surface area (Å²) in [6.07, 6.45) is 0. The predicted molar refractivity (Wildman–Crippen MR) is 126 cm³/mol. The van der Waals surface area contributed by atoms with Gasteiger partial charge in [0, 0.05) is 52.1 Å². The van der Waals surface area contributed by atoms with Crippen molar-refractivity contribution < 1.29 is 27.6 Å². The third-order valence-corrected chi connectivity index (χ3v) is 8.05. The van der Waals surface area contributed by atoms with Gasteiger partial charge in [0.25, 0.3) is 11.6 Å². The van der Waals surface area contributed by atoms with E-state index in [0.717, 1.165) is 4.70 Å². The van der Waals surface area contributed by atoms with Gasteiger partial charge in [0.05, 0.1) is 33.2 Å². The van der Waals surface area contributed by atoms with Gasteiger partial charge < -0.3 is 14.0 Å². The lowest BCUT2D eigenvalue weighted by Crippen LogP contribution is -2.36. The molecule has 1 heterocycles. The molecule has 0 aliphatic rings. The molecule has 13 heteroatoms. The lowest BCUT2D eigenvalue weighted by atomic mass is 10.2. The van der Waals surface area contributed by atoms with Crippen molar-refractivity contribution in [2.24, 2.45) is 12.0 Å². The molecule has 2 aromatic carbocycles. The monoisotopic (exact) mass is 508 g/mol. The van der Waals surface area contributed by atoms with Crippen molar-refractivity contribution in [1.29, 1.82) is 0 Å². The highest BCUT2D eigenvalue weighted by atomic mass is 32.2. The first-order chi connectivity index (χ1) is 16.2. The zero-order valence-corrected chi connectivity index (χ0v) is 20.5. The van der Waals surface area contributed by atoms with Crippen molar-refractivity contribution in [1.82, 2.24) is 8.87 Å². The van der Waals surface area contributed by atoms with Crippen LogP contribution in [0, 0.1) is 10.1 Å². The minimum Gasteiger partial charge on any atom is -0.383 e. The summed E-state index contributed by atoms with van der Waals surface area (Å²) < 4.78 is 39.6. The van der Waals surface area contributed by atoms with Gasteiger partial charge in [-0.05, 0) is 30.3 Å². The Kier molecular flexibility index (Phi) is 8.28. The predicted octanol–water partition coefficient (Wildman–Crippen LogP) is 2.17. The summed E-state index contributed by atoms with van der Waals surface area (Å²) in [5.74, 6) is -0.559. The molecule has 0 aliphatic carbocycles. The summed E-state index contributed by atoms with van der Waals surface area (Å²) in [5.41, 5.74) is 0.739. The molecule has 182 valence electrons. The van der Waals surface area contributed by atoms with Crippen LogP contribution in [-0.2, 0) is 26.5 Å². The minimum atomic E-state index is -3.81. The summed E-state index contributed by atoms with van der Waals surface area (Å²) in [5, 5.41) is 11.0. The van der Waals surface area contributed by atoms with Gasteiger partial charge in [-0.15, -0.1) is 0 Å². The van der Waals surface area contributed by atoms with Crippen molar-refractivity contribution >= 4 is 43.2 Å². The second-order valence-corrected chi connectivity index (χ2v) is 10.1. The fraction of sp³-hybridized carbons (Fsp3) is 0.333. The highest BCUT2D eigenvalue weighted by Crippen LogP contribution is 2.22. The van der Waals surface area contributed by atoms with Gasteiger partial charge >= 0.3 is 0 Å². The molecule has 3 rings (SSSR count). The zero-order valence-electron chi connectivity index (χ0n) is 18.8. The van der Waals surface area contributed by atoms with E-state index in [1.807, 2.05) is 0 Å². The van der Waals surface area contributed by atoms with Crippen molar-refractivity contribution in [2.45, 2.75) is 4.90 Å². The van der Waals surface area contributed by atoms with E-state index in [1.54, 1.807) is 17.7 Å². The zero-order chi connectivity index (χ0) is 24.9. The number of thiazole rings is 1. The van der Waals surface area contributed by atoms with E-state index >= 15 is 0 Å². The second kappa shape index (κ2) is 11.0. The molecule has 0 bridgehead atoms. The number of benzene rings is 2. The third kappa shape index (κ3) is 5.56. The van der Waals surface area contributed by atoms with Crippen LogP contribution in [0.5, 0.6) is 0 Å². The average molecular weight is 509 g/mol. The standard InChI is InChI=1S/C21H24N4O7S2/c1-23-18-14-16(25(27)28)6-9-19(18)33-21(23)22-20(26)15-4-7-17(8-5-15)34(29,30)24(10-12-31-2)11-13-32-3/h4-9,14H,10-13H2,1-3H3. The van der Waals surface area contributed by atoms with E-state index in [4.69, 9.17) is 9.47 Å². The summed E-state index contributed by atoms with van der Waals surface area (Å²) in [7, 11) is 0.836. The van der Waals surface area contributed by atoms with Crippen molar-refractivity contribution in [3.63, 3.8) is 0 Å². The molecule has 1 amide bonds. The lowest BCUT2D eigenvalue weighted by Gasteiger charge is -2.21. The van der Waals surface area contributed by atoms with Crippen LogP contribution in [0.2, 0.25) is 0 Å². The van der Waals surface area contributed by atoms with Crippen LogP contribution >= 0.6 is 11.3 Å². The molecule has 0 spiro atoms. The lowest BCUT2D eigenvalue weighted by molar-refractivity contribution is -0.384. The molecule has 3 aromatic rings. The molecule has 0 unspecified atom stereocenters. The maximum absolute atomic E-state index is 13.0. The number of hydrogen-bond donors (Lipinski definition) is 0. The molecule has 0 aliphatic heterocycles. The largest absolute Gasteiger partial charge is 0.383 e. The van der Waals surface area contributed by atoms with Gasteiger partial charge in [0.1, 0.15) is 0 Å². The number of sulfonamides is 1. The van der Waals surface area contributed by atoms with E-state index in [1.165, 1.54) is 66.3 Å². The Balaban J connectivity index is 1.88. The fourth-order valence-electron chi connectivity index (χ4n) is 3.14. The summed E-state index contributed by atoms with van der Waals surface area (Å²) >= 11 is 1.22. The fourth-order valence-corrected chi connectivity index (χ4v) is 5.55. The number of nitro benzene ring substituents is 1. The minimum absolute atomic E-state index is 0.0379. The number of carbonyl (C=O) groups excluding carboxylic acids is 1. The smallest absolute Gasteiger partial charge is 0.279 e. The van der Waals surface area contributed by atoms with Crippen molar-refractivity contribution in [3.05, 3.63) is 62.9 Å². The van der Waals surface area contributed by atoms with E-state index in [0.29, 0.717) is 10.3 Å². The molecule has 11 nitrogen and oxygen atoms in total. The normalized spacial score (nSPS) is 12.5. The van der Waals surface area contributed by atoms with E-state index in [9.17, 15) is 23.3 Å². The number of aryl methyl sites for hydroxylation is 1. The Bertz CT molecular complexity index is 1350. The first-order valence-electron chi connectivity index (χ1n) is 10.1. The van der Waals surface area contributed by atoms with Gasteiger partial charge in [0.2, 0.25) is 10.0 Å². The number of amides is 1. The van der Waals surface area contributed by atoms with Crippen molar-refractivity contribution in [3.8, 4) is 0 Å². The Morgan fingerprint density at radius 3 is 2.29 bits per heavy atom. The molecule has 0 atom stereocenters. The van der Waals surface area contributed by atoms with E-state index in [-0.39, 0.29) is 42.4 Å². The van der Waals surface area contributed by atoms with Gasteiger partial charge in [0.15, 0.2) is 4.80 Å². The number of rotatable bonds is 10. The molecule has 0 radical (unpaired) electrons. The number of carbonyl (C=O) groups is 1. The second-order valence-electron chi connectivity index (χ2n) is 7.18. The first-order valence-corrected chi connectivity index (χ1v) is 12.4. The van der Waals surface area contributed by atoms with Crippen LogP contribution in [0.15, 0.2) is 52.4 Å². The number of nitro groups is 1.